The average Bonchev–Trinajstić information content (AvgIpc) is 1.98. The molecule has 0 unspecified atom stereocenters. The molecule has 0 amide bonds. The van der Waals surface area contributed by atoms with Gasteiger partial charge in [0.2, 0.25) is 0 Å². The first kappa shape index (κ1) is 8.82. The number of benzene rings is 1. The summed E-state index contributed by atoms with van der Waals surface area (Å²) in [7, 11) is 0. The zero-order valence-electron chi connectivity index (χ0n) is 5.98. The van der Waals surface area contributed by atoms with Crippen LogP contribution in [0.3, 0.4) is 0 Å². The Balaban J connectivity index is 2.95. The van der Waals surface area contributed by atoms with Gasteiger partial charge in [-0.1, -0.05) is 23.7 Å². The van der Waals surface area contributed by atoms with Crippen LogP contribution in [0.25, 0.3) is 0 Å². The molecule has 0 aromatic heterocycles. The minimum atomic E-state index is 0.754. The first-order chi connectivity index (χ1) is 5.24. The minimum absolute atomic E-state index is 0.754. The van der Waals surface area contributed by atoms with Gasteiger partial charge in [-0.15, -0.1) is 6.58 Å². The van der Waals surface area contributed by atoms with E-state index in [2.05, 4.69) is 22.5 Å². The van der Waals surface area contributed by atoms with Gasteiger partial charge in [-0.05, 0) is 40.0 Å². The highest BCUT2D eigenvalue weighted by Gasteiger charge is 1.96. The van der Waals surface area contributed by atoms with Crippen LogP contribution in [-0.2, 0) is 6.42 Å². The number of hydrogen-bond donors (Lipinski definition) is 0. The summed E-state index contributed by atoms with van der Waals surface area (Å²) in [4.78, 5) is 0. The molecule has 1 aromatic carbocycles. The maximum atomic E-state index is 5.87. The van der Waals surface area contributed by atoms with Crippen LogP contribution in [0.5, 0.6) is 0 Å². The number of rotatable bonds is 2. The second kappa shape index (κ2) is 3.93. The van der Waals surface area contributed by atoms with E-state index >= 15 is 0 Å². The summed E-state index contributed by atoms with van der Waals surface area (Å²) >= 11 is 9.19. The van der Waals surface area contributed by atoms with Gasteiger partial charge in [0, 0.05) is 4.47 Å². The topological polar surface area (TPSA) is 0 Å². The quantitative estimate of drug-likeness (QED) is 0.679. The Morgan fingerprint density at radius 1 is 1.55 bits per heavy atom. The molecule has 0 aliphatic rings. The lowest BCUT2D eigenvalue weighted by Gasteiger charge is -1.98. The minimum Gasteiger partial charge on any atom is -0.103 e. The van der Waals surface area contributed by atoms with Gasteiger partial charge in [0.05, 0.1) is 5.02 Å². The Hall–Kier alpha value is -0.270. The van der Waals surface area contributed by atoms with Crippen LogP contribution in [-0.4, -0.2) is 0 Å². The molecule has 1 aromatic rings. The lowest BCUT2D eigenvalue weighted by atomic mass is 10.2. The first-order valence-corrected chi connectivity index (χ1v) is 4.46. The van der Waals surface area contributed by atoms with Crippen molar-refractivity contribution in [3.8, 4) is 0 Å². The van der Waals surface area contributed by atoms with Crippen LogP contribution in [0, 0.1) is 0 Å². The van der Waals surface area contributed by atoms with Gasteiger partial charge in [-0.2, -0.15) is 0 Å². The van der Waals surface area contributed by atoms with Crippen molar-refractivity contribution in [3.05, 3.63) is 45.9 Å². The smallest absolute Gasteiger partial charge is 0.0550 e. The van der Waals surface area contributed by atoms with Gasteiger partial charge in [0.25, 0.3) is 0 Å². The summed E-state index contributed by atoms with van der Waals surface area (Å²) in [6.07, 6.45) is 2.73. The van der Waals surface area contributed by atoms with Crippen LogP contribution in [0.4, 0.5) is 0 Å². The van der Waals surface area contributed by atoms with Crippen LogP contribution in [0.15, 0.2) is 35.3 Å². The third-order valence-corrected chi connectivity index (χ3v) is 2.60. The third-order valence-electron chi connectivity index (χ3n) is 1.36. The summed E-state index contributed by atoms with van der Waals surface area (Å²) in [5.74, 6) is 0. The lowest BCUT2D eigenvalue weighted by Crippen LogP contribution is -1.79. The second-order valence-corrected chi connectivity index (χ2v) is 3.50. The molecule has 0 N–H and O–H groups in total. The second-order valence-electron chi connectivity index (χ2n) is 2.24. The molecule has 0 saturated heterocycles. The van der Waals surface area contributed by atoms with Crippen LogP contribution in [0.2, 0.25) is 5.02 Å². The van der Waals surface area contributed by atoms with Crippen LogP contribution >= 0.6 is 27.5 Å². The highest BCUT2D eigenvalue weighted by Crippen LogP contribution is 2.23. The summed E-state index contributed by atoms with van der Waals surface area (Å²) in [5.41, 5.74) is 1.19. The highest BCUT2D eigenvalue weighted by molar-refractivity contribution is 9.10. The summed E-state index contributed by atoms with van der Waals surface area (Å²) in [6.45, 7) is 3.65. The van der Waals surface area contributed by atoms with E-state index in [0.717, 1.165) is 15.9 Å². The van der Waals surface area contributed by atoms with Crippen molar-refractivity contribution in [2.24, 2.45) is 0 Å². The largest absolute Gasteiger partial charge is 0.103 e. The molecule has 0 atom stereocenters. The maximum absolute atomic E-state index is 5.87. The number of halogens is 2. The molecule has 0 spiro atoms. The van der Waals surface area contributed by atoms with Gasteiger partial charge in [0.1, 0.15) is 0 Å². The van der Waals surface area contributed by atoms with Crippen molar-refractivity contribution in [2.45, 2.75) is 6.42 Å². The van der Waals surface area contributed by atoms with E-state index in [0.29, 0.717) is 0 Å². The fourth-order valence-electron chi connectivity index (χ4n) is 0.833. The molecular formula is C9H8BrCl. The molecule has 58 valence electrons. The molecule has 0 aliphatic heterocycles. The summed E-state index contributed by atoms with van der Waals surface area (Å²) in [6, 6.07) is 5.91. The van der Waals surface area contributed by atoms with Crippen molar-refractivity contribution in [2.75, 3.05) is 0 Å². The van der Waals surface area contributed by atoms with E-state index < -0.39 is 0 Å². The Kier molecular flexibility index (Phi) is 3.16. The fraction of sp³-hybridized carbons (Fsp3) is 0.111. The predicted molar refractivity (Wildman–Crippen MR) is 53.1 cm³/mol. The molecule has 0 nitrogen and oxygen atoms in total. The average molecular weight is 232 g/mol. The Morgan fingerprint density at radius 2 is 2.27 bits per heavy atom. The van der Waals surface area contributed by atoms with E-state index in [4.69, 9.17) is 11.6 Å². The molecule has 0 fully saturated rings. The van der Waals surface area contributed by atoms with Crippen molar-refractivity contribution in [1.82, 2.24) is 0 Å². The Bertz CT molecular complexity index is 268. The van der Waals surface area contributed by atoms with Gasteiger partial charge in [-0.25, -0.2) is 0 Å². The number of hydrogen-bond acceptors (Lipinski definition) is 0. The van der Waals surface area contributed by atoms with E-state index in [1.807, 2.05) is 24.3 Å². The standard InChI is InChI=1S/C9H8BrCl/c1-2-3-7-4-5-8(10)9(11)6-7/h2,4-6H,1,3H2. The monoisotopic (exact) mass is 230 g/mol. The van der Waals surface area contributed by atoms with Gasteiger partial charge in [-0.3, -0.25) is 0 Å². The van der Waals surface area contributed by atoms with Crippen molar-refractivity contribution >= 4 is 27.5 Å². The highest BCUT2D eigenvalue weighted by atomic mass is 79.9. The van der Waals surface area contributed by atoms with Crippen molar-refractivity contribution in [1.29, 1.82) is 0 Å². The van der Waals surface area contributed by atoms with Crippen LogP contribution in [0.1, 0.15) is 5.56 Å². The fourth-order valence-corrected chi connectivity index (χ4v) is 1.28. The Morgan fingerprint density at radius 3 is 2.82 bits per heavy atom. The SMILES string of the molecule is C=CCc1ccc(Br)c(Cl)c1. The normalized spacial score (nSPS) is 9.64. The molecular weight excluding hydrogens is 223 g/mol. The molecule has 0 saturated carbocycles. The summed E-state index contributed by atoms with van der Waals surface area (Å²) in [5, 5.41) is 0.754. The Labute approximate surface area is 80.0 Å². The molecule has 1 rings (SSSR count). The van der Waals surface area contributed by atoms with Crippen molar-refractivity contribution in [3.63, 3.8) is 0 Å². The van der Waals surface area contributed by atoms with Gasteiger partial charge < -0.3 is 0 Å². The van der Waals surface area contributed by atoms with E-state index in [-0.39, 0.29) is 0 Å². The zero-order chi connectivity index (χ0) is 8.27. The molecule has 2 heteroatoms. The van der Waals surface area contributed by atoms with E-state index in [9.17, 15) is 0 Å². The van der Waals surface area contributed by atoms with E-state index in [1.54, 1.807) is 0 Å². The number of allylic oxidation sites excluding steroid dienone is 1. The summed E-state index contributed by atoms with van der Waals surface area (Å²) < 4.78 is 0.937. The maximum Gasteiger partial charge on any atom is 0.0550 e. The lowest BCUT2D eigenvalue weighted by molar-refractivity contribution is 1.27. The molecule has 0 heterocycles. The first-order valence-electron chi connectivity index (χ1n) is 3.29. The predicted octanol–water partition coefficient (Wildman–Crippen LogP) is 3.83. The van der Waals surface area contributed by atoms with E-state index in [1.165, 1.54) is 5.56 Å². The molecule has 0 aliphatic carbocycles. The molecule has 0 radical (unpaired) electrons. The van der Waals surface area contributed by atoms with Gasteiger partial charge >= 0.3 is 0 Å². The molecule has 11 heavy (non-hydrogen) atoms. The molecule has 0 bridgehead atoms. The van der Waals surface area contributed by atoms with Crippen molar-refractivity contribution < 1.29 is 0 Å². The third kappa shape index (κ3) is 2.35. The van der Waals surface area contributed by atoms with Crippen LogP contribution < -0.4 is 0 Å². The van der Waals surface area contributed by atoms with Gasteiger partial charge in [0.15, 0.2) is 0 Å². The zero-order valence-corrected chi connectivity index (χ0v) is 8.32.